The van der Waals surface area contributed by atoms with Crippen molar-refractivity contribution in [3.05, 3.63) is 5.32 Å². The van der Waals surface area contributed by atoms with Crippen LogP contribution in [0, 0.1) is 0 Å². The molecule has 4 unspecified atom stereocenters. The van der Waals surface area contributed by atoms with Crippen LogP contribution in [-0.4, -0.2) is 48.9 Å². The third-order valence-electron chi connectivity index (χ3n) is 5.33. The Morgan fingerprint density at radius 1 is 0.833 bits per heavy atom. The first-order valence-electron chi connectivity index (χ1n) is 8.92. The Kier molecular flexibility index (Phi) is 7.88. The van der Waals surface area contributed by atoms with Crippen LogP contribution in [0.25, 0.3) is 5.32 Å². The molecule has 5 nitrogen and oxygen atoms in total. The monoisotopic (exact) mass is 504 g/mol. The summed E-state index contributed by atoms with van der Waals surface area (Å²) in [6, 6.07) is 2.23. The number of hydrogen-bond acceptors (Lipinski definition) is 4. The van der Waals surface area contributed by atoms with Crippen molar-refractivity contribution < 1.29 is 10.9 Å². The zero-order valence-corrected chi connectivity index (χ0v) is 18.0. The van der Waals surface area contributed by atoms with Gasteiger partial charge in [-0.25, -0.2) is 0 Å². The Hall–Kier alpha value is 0.354. The molecule has 2 N–H and O–H groups in total. The van der Waals surface area contributed by atoms with Crippen molar-refractivity contribution in [3.63, 3.8) is 0 Å². The van der Waals surface area contributed by atoms with Gasteiger partial charge in [-0.05, 0) is 25.7 Å². The maximum absolute atomic E-state index is 4.80. The molecule has 0 amide bonds. The summed E-state index contributed by atoms with van der Waals surface area (Å²) in [5.74, 6) is 2.20. The van der Waals surface area contributed by atoms with Crippen LogP contribution < -0.4 is 10.6 Å². The van der Waals surface area contributed by atoms with Crippen molar-refractivity contribution in [1.29, 1.82) is 0 Å². The number of hydrogen-bond donors (Lipinski definition) is 2. The van der Waals surface area contributed by atoms with Gasteiger partial charge in [-0.1, -0.05) is 38.8 Å². The van der Waals surface area contributed by atoms with E-state index in [1.54, 1.807) is 0 Å². The predicted molar refractivity (Wildman–Crippen MR) is 104 cm³/mol. The molecular weight excluding hydrogens is 481 g/mol. The van der Waals surface area contributed by atoms with Crippen LogP contribution in [0.4, 0.5) is 0 Å². The summed E-state index contributed by atoms with van der Waals surface area (Å²) >= 11 is 6.00. The van der Waals surface area contributed by atoms with Crippen LogP contribution in [0.15, 0.2) is 9.98 Å². The van der Waals surface area contributed by atoms with Crippen LogP contribution in [-0.2, 0) is 10.9 Å². The SMILES string of the molecule is C1CCC2NC(C[N-]CC3=NC4CCCCC4N3)=NC2C1.[Br][Ni+][Br]. The fourth-order valence-corrected chi connectivity index (χ4v) is 4.21. The number of nitrogens with zero attached hydrogens (tertiary/aromatic N) is 3. The zero-order valence-electron chi connectivity index (χ0n) is 13.8. The van der Waals surface area contributed by atoms with E-state index >= 15 is 0 Å². The van der Waals surface area contributed by atoms with E-state index in [1.165, 1.54) is 62.3 Å². The van der Waals surface area contributed by atoms with E-state index in [0.717, 1.165) is 24.8 Å². The van der Waals surface area contributed by atoms with E-state index in [1.807, 2.05) is 0 Å². The number of amidine groups is 2. The van der Waals surface area contributed by atoms with Crippen molar-refractivity contribution >= 4 is 40.1 Å². The normalized spacial score (nSPS) is 34.1. The van der Waals surface area contributed by atoms with E-state index in [9.17, 15) is 0 Å². The van der Waals surface area contributed by atoms with Crippen molar-refractivity contribution in [2.45, 2.75) is 75.5 Å². The molecule has 139 valence electrons. The third kappa shape index (κ3) is 5.18. The summed E-state index contributed by atoms with van der Waals surface area (Å²) < 4.78 is 0. The second-order valence-electron chi connectivity index (χ2n) is 6.94. The molecule has 8 heteroatoms. The standard InChI is InChI=1S/C16H26N5.2BrH.Ni/c1-2-6-12-11(5-1)18-15(19-12)9-17-10-16-20-13-7-3-4-8-14(13)21-16;;;/h11-14H,1-10H2,(H,18,19)(H,20,21);2*1H;/q-1;;;+3/p-2. The number of rotatable bonds is 4. The van der Waals surface area contributed by atoms with Crippen LogP contribution >= 0.6 is 28.5 Å². The van der Waals surface area contributed by atoms with Gasteiger partial charge in [-0.2, -0.15) is 0 Å². The molecule has 0 aromatic heterocycles. The van der Waals surface area contributed by atoms with Gasteiger partial charge in [-0.3, -0.25) is 9.98 Å². The molecule has 4 aliphatic rings. The van der Waals surface area contributed by atoms with E-state index in [0.29, 0.717) is 24.2 Å². The summed E-state index contributed by atoms with van der Waals surface area (Å²) in [6.45, 7) is 1.45. The Morgan fingerprint density at radius 3 is 1.67 bits per heavy atom. The average molecular weight is 507 g/mol. The first-order chi connectivity index (χ1) is 11.8. The first-order valence-corrected chi connectivity index (χ1v) is 13.8. The molecule has 2 fully saturated rings. The van der Waals surface area contributed by atoms with Crippen molar-refractivity contribution in [2.75, 3.05) is 13.1 Å². The third-order valence-corrected chi connectivity index (χ3v) is 5.33. The van der Waals surface area contributed by atoms with Crippen LogP contribution in [0.2, 0.25) is 0 Å². The van der Waals surface area contributed by atoms with Gasteiger partial charge in [0.05, 0.1) is 23.8 Å². The number of fused-ring (bicyclic) bond motifs is 2. The Bertz CT molecular complexity index is 433. The molecule has 0 bridgehead atoms. The van der Waals surface area contributed by atoms with Crippen molar-refractivity contribution in [3.8, 4) is 0 Å². The molecule has 4 atom stereocenters. The van der Waals surface area contributed by atoms with Crippen LogP contribution in [0.3, 0.4) is 0 Å². The first kappa shape index (κ1) is 19.1. The molecule has 2 aliphatic heterocycles. The molecule has 0 saturated heterocycles. The number of nitrogens with one attached hydrogen (secondary N) is 2. The molecule has 0 radical (unpaired) electrons. The summed E-state index contributed by atoms with van der Waals surface area (Å²) in [5.41, 5.74) is 0. The molecule has 2 heterocycles. The maximum atomic E-state index is 4.80. The molecule has 2 aliphatic carbocycles. The summed E-state index contributed by atoms with van der Waals surface area (Å²) in [4.78, 5) is 9.60. The fourth-order valence-electron chi connectivity index (χ4n) is 4.21. The zero-order chi connectivity index (χ0) is 16.8. The minimum atomic E-state index is 0.522. The number of aliphatic imine (C=N–C) groups is 2. The second-order valence-corrected chi connectivity index (χ2v) is 11.9. The molecule has 0 spiro atoms. The second kappa shape index (κ2) is 9.89. The van der Waals surface area contributed by atoms with Gasteiger partial charge in [0.25, 0.3) is 0 Å². The van der Waals surface area contributed by atoms with E-state index in [-0.39, 0.29) is 0 Å². The average Bonchev–Trinajstić information content (AvgIpc) is 3.18. The number of halogens is 2. The van der Waals surface area contributed by atoms with Gasteiger partial charge in [0, 0.05) is 12.1 Å². The minimum absolute atomic E-state index is 0.522. The van der Waals surface area contributed by atoms with E-state index < -0.39 is 0 Å². The molecule has 24 heavy (non-hydrogen) atoms. The quantitative estimate of drug-likeness (QED) is 0.572. The molecule has 2 saturated carbocycles. The van der Waals surface area contributed by atoms with Crippen LogP contribution in [0.1, 0.15) is 51.4 Å². The van der Waals surface area contributed by atoms with E-state index in [2.05, 4.69) is 44.4 Å². The summed E-state index contributed by atoms with van der Waals surface area (Å²) in [7, 11) is 1.25. The topological polar surface area (TPSA) is 62.9 Å². The van der Waals surface area contributed by atoms with Gasteiger partial charge in [-0.15, -0.1) is 0 Å². The summed E-state index contributed by atoms with van der Waals surface area (Å²) in [5, 5.41) is 11.8. The summed E-state index contributed by atoms with van der Waals surface area (Å²) in [6.07, 6.45) is 10.4. The van der Waals surface area contributed by atoms with Crippen molar-refractivity contribution in [2.24, 2.45) is 9.98 Å². The van der Waals surface area contributed by atoms with Gasteiger partial charge in [0.1, 0.15) is 0 Å². The Balaban J connectivity index is 0.000000526. The Morgan fingerprint density at radius 2 is 1.25 bits per heavy atom. The van der Waals surface area contributed by atoms with Gasteiger partial charge in [0.15, 0.2) is 0 Å². The molecule has 0 aromatic carbocycles. The molecule has 0 aromatic rings. The molecule has 4 rings (SSSR count). The van der Waals surface area contributed by atoms with Gasteiger partial charge < -0.3 is 16.0 Å². The Labute approximate surface area is 165 Å². The van der Waals surface area contributed by atoms with Crippen molar-refractivity contribution in [1.82, 2.24) is 10.6 Å². The van der Waals surface area contributed by atoms with Crippen LogP contribution in [0.5, 0.6) is 0 Å². The van der Waals surface area contributed by atoms with Gasteiger partial charge >= 0.3 is 39.3 Å². The predicted octanol–water partition coefficient (Wildman–Crippen LogP) is 3.67. The van der Waals surface area contributed by atoms with E-state index in [4.69, 9.17) is 9.98 Å². The molecular formula is C16H26Br2N5Ni. The van der Waals surface area contributed by atoms with Gasteiger partial charge in [0.2, 0.25) is 0 Å². The fraction of sp³-hybridized carbons (Fsp3) is 0.875.